The van der Waals surface area contributed by atoms with Crippen molar-refractivity contribution in [2.75, 3.05) is 23.4 Å². The number of ether oxygens (including phenoxy) is 1. The van der Waals surface area contributed by atoms with E-state index in [4.69, 9.17) is 4.74 Å². The molecule has 0 aromatic heterocycles. The fourth-order valence-electron chi connectivity index (χ4n) is 2.72. The van der Waals surface area contributed by atoms with Gasteiger partial charge in [-0.25, -0.2) is 0 Å². The number of anilines is 2. The third kappa shape index (κ3) is 3.97. The molecule has 3 rings (SSSR count). The highest BCUT2D eigenvalue weighted by Crippen LogP contribution is 2.26. The lowest BCUT2D eigenvalue weighted by Crippen LogP contribution is -2.23. The number of hydrogen-bond acceptors (Lipinski definition) is 5. The lowest BCUT2D eigenvalue weighted by Gasteiger charge is -2.16. The third-order valence-electron chi connectivity index (χ3n) is 3.96. The minimum atomic E-state index is -0.564. The molecule has 2 amide bonds. The Balaban J connectivity index is 1.57. The van der Waals surface area contributed by atoms with Gasteiger partial charge >= 0.3 is 5.69 Å². The summed E-state index contributed by atoms with van der Waals surface area (Å²) in [6.45, 7) is 0.353. The van der Waals surface area contributed by atoms with Gasteiger partial charge in [-0.1, -0.05) is 12.1 Å². The highest BCUT2D eigenvalue weighted by Gasteiger charge is 2.21. The van der Waals surface area contributed by atoms with E-state index in [1.165, 1.54) is 18.2 Å². The van der Waals surface area contributed by atoms with Gasteiger partial charge in [0.05, 0.1) is 4.92 Å². The van der Waals surface area contributed by atoms with Crippen LogP contribution >= 0.6 is 0 Å². The van der Waals surface area contributed by atoms with Crippen molar-refractivity contribution < 1.29 is 19.2 Å². The summed E-state index contributed by atoms with van der Waals surface area (Å²) >= 11 is 0. The van der Waals surface area contributed by atoms with Crippen molar-refractivity contribution in [1.82, 2.24) is 0 Å². The Morgan fingerprint density at radius 2 is 1.92 bits per heavy atom. The van der Waals surface area contributed by atoms with Gasteiger partial charge in [-0.05, 0) is 36.8 Å². The number of amides is 2. The van der Waals surface area contributed by atoms with E-state index in [1.807, 2.05) is 0 Å². The first-order chi connectivity index (χ1) is 12.5. The van der Waals surface area contributed by atoms with Crippen LogP contribution in [0.2, 0.25) is 0 Å². The topological polar surface area (TPSA) is 102 Å². The van der Waals surface area contributed by atoms with E-state index in [0.29, 0.717) is 18.7 Å². The lowest BCUT2D eigenvalue weighted by atomic mass is 10.2. The number of nitro groups is 1. The third-order valence-corrected chi connectivity index (χ3v) is 3.96. The molecule has 0 radical (unpaired) electrons. The smallest absolute Gasteiger partial charge is 0.310 e. The number of carbonyl (C=O) groups is 2. The molecule has 0 unspecified atom stereocenters. The number of nitrogens with one attached hydrogen (secondary N) is 1. The molecular formula is C18H17N3O5. The summed E-state index contributed by atoms with van der Waals surface area (Å²) < 4.78 is 5.24. The summed E-state index contributed by atoms with van der Waals surface area (Å²) in [6.07, 6.45) is 1.40. The second-order valence-electron chi connectivity index (χ2n) is 5.76. The first-order valence-electron chi connectivity index (χ1n) is 8.11. The molecule has 1 aliphatic rings. The van der Waals surface area contributed by atoms with Crippen LogP contribution in [-0.2, 0) is 9.59 Å². The van der Waals surface area contributed by atoms with E-state index < -0.39 is 10.8 Å². The molecule has 1 fully saturated rings. The van der Waals surface area contributed by atoms with E-state index in [0.717, 1.165) is 12.1 Å². The predicted octanol–water partition coefficient (Wildman–Crippen LogP) is 2.74. The highest BCUT2D eigenvalue weighted by atomic mass is 16.6. The van der Waals surface area contributed by atoms with E-state index in [9.17, 15) is 19.7 Å². The molecule has 2 aromatic rings. The lowest BCUT2D eigenvalue weighted by molar-refractivity contribution is -0.385. The molecule has 0 bridgehead atoms. The van der Waals surface area contributed by atoms with Gasteiger partial charge in [0.2, 0.25) is 5.91 Å². The van der Waals surface area contributed by atoms with Crippen LogP contribution in [0.1, 0.15) is 12.8 Å². The van der Waals surface area contributed by atoms with E-state index in [2.05, 4.69) is 5.32 Å². The molecular weight excluding hydrogens is 338 g/mol. The molecule has 134 valence electrons. The van der Waals surface area contributed by atoms with Gasteiger partial charge in [-0.3, -0.25) is 19.7 Å². The van der Waals surface area contributed by atoms with Crippen LogP contribution < -0.4 is 15.0 Å². The zero-order valence-electron chi connectivity index (χ0n) is 13.9. The molecule has 0 atom stereocenters. The van der Waals surface area contributed by atoms with E-state index in [1.54, 1.807) is 35.2 Å². The van der Waals surface area contributed by atoms with Crippen molar-refractivity contribution in [3.63, 3.8) is 0 Å². The molecule has 0 aliphatic carbocycles. The van der Waals surface area contributed by atoms with Crippen molar-refractivity contribution in [2.45, 2.75) is 12.8 Å². The zero-order chi connectivity index (χ0) is 18.5. The summed E-state index contributed by atoms with van der Waals surface area (Å²) in [6, 6.07) is 12.8. The van der Waals surface area contributed by atoms with Gasteiger partial charge < -0.3 is 15.0 Å². The largest absolute Gasteiger partial charge is 0.477 e. The summed E-state index contributed by atoms with van der Waals surface area (Å²) in [7, 11) is 0. The Kier molecular flexibility index (Phi) is 5.12. The fourth-order valence-corrected chi connectivity index (χ4v) is 2.72. The average molecular weight is 355 g/mol. The summed E-state index contributed by atoms with van der Waals surface area (Å²) in [5.74, 6) is -0.302. The van der Waals surface area contributed by atoms with Gasteiger partial charge in [0.1, 0.15) is 0 Å². The van der Waals surface area contributed by atoms with Gasteiger partial charge in [0, 0.05) is 30.4 Å². The highest BCUT2D eigenvalue weighted by molar-refractivity contribution is 5.96. The molecule has 26 heavy (non-hydrogen) atoms. The number of hydrogen-bond donors (Lipinski definition) is 1. The first-order valence-corrected chi connectivity index (χ1v) is 8.11. The quantitative estimate of drug-likeness (QED) is 0.634. The molecule has 2 aromatic carbocycles. The van der Waals surface area contributed by atoms with Crippen molar-refractivity contribution in [3.8, 4) is 5.75 Å². The van der Waals surface area contributed by atoms with Gasteiger partial charge in [-0.2, -0.15) is 0 Å². The van der Waals surface area contributed by atoms with Crippen LogP contribution in [0.3, 0.4) is 0 Å². The van der Waals surface area contributed by atoms with E-state index >= 15 is 0 Å². The Morgan fingerprint density at radius 3 is 2.58 bits per heavy atom. The minimum Gasteiger partial charge on any atom is -0.477 e. The second kappa shape index (κ2) is 7.64. The normalized spacial score (nSPS) is 13.5. The summed E-state index contributed by atoms with van der Waals surface area (Å²) in [4.78, 5) is 35.8. The second-order valence-corrected chi connectivity index (χ2v) is 5.76. The Morgan fingerprint density at radius 1 is 1.19 bits per heavy atom. The average Bonchev–Trinajstić information content (AvgIpc) is 3.07. The van der Waals surface area contributed by atoms with Crippen LogP contribution in [-0.4, -0.2) is 29.9 Å². The number of para-hydroxylation sites is 2. The first kappa shape index (κ1) is 17.4. The van der Waals surface area contributed by atoms with Crippen molar-refractivity contribution >= 4 is 28.9 Å². The molecule has 1 saturated heterocycles. The molecule has 0 saturated carbocycles. The molecule has 8 heteroatoms. The van der Waals surface area contributed by atoms with Crippen LogP contribution in [0, 0.1) is 10.1 Å². The Labute approximate surface area is 149 Å². The maximum atomic E-state index is 12.0. The van der Waals surface area contributed by atoms with Crippen LogP contribution in [0.4, 0.5) is 17.1 Å². The van der Waals surface area contributed by atoms with Gasteiger partial charge in [0.25, 0.3) is 5.91 Å². The van der Waals surface area contributed by atoms with Crippen LogP contribution in [0.25, 0.3) is 0 Å². The Hall–Kier alpha value is -3.42. The molecule has 0 spiro atoms. The number of nitro benzene ring substituents is 1. The van der Waals surface area contributed by atoms with Crippen molar-refractivity contribution in [1.29, 1.82) is 0 Å². The van der Waals surface area contributed by atoms with Crippen molar-refractivity contribution in [2.24, 2.45) is 0 Å². The summed E-state index contributed by atoms with van der Waals surface area (Å²) in [5.41, 5.74) is 1.15. The number of benzene rings is 2. The monoisotopic (exact) mass is 355 g/mol. The van der Waals surface area contributed by atoms with Crippen LogP contribution in [0.15, 0.2) is 48.5 Å². The van der Waals surface area contributed by atoms with Gasteiger partial charge in [-0.15, -0.1) is 0 Å². The Bertz CT molecular complexity index is 835. The zero-order valence-corrected chi connectivity index (χ0v) is 13.9. The SMILES string of the molecule is O=C(COc1ccccc1[N+](=O)[O-])Nc1ccc(N2CCCC2=O)cc1. The molecule has 1 aliphatic heterocycles. The van der Waals surface area contributed by atoms with E-state index in [-0.39, 0.29) is 24.0 Å². The van der Waals surface area contributed by atoms with Gasteiger partial charge in [0.15, 0.2) is 12.4 Å². The predicted molar refractivity (Wildman–Crippen MR) is 95.3 cm³/mol. The van der Waals surface area contributed by atoms with Crippen LogP contribution in [0.5, 0.6) is 5.75 Å². The number of nitrogens with zero attached hydrogens (tertiary/aromatic N) is 2. The molecule has 8 nitrogen and oxygen atoms in total. The maximum Gasteiger partial charge on any atom is 0.310 e. The standard InChI is InChI=1S/C18H17N3O5/c22-17(12-26-16-5-2-1-4-15(16)21(24)25)19-13-7-9-14(10-8-13)20-11-3-6-18(20)23/h1-2,4-5,7-10H,3,6,11-12H2,(H,19,22). The summed E-state index contributed by atoms with van der Waals surface area (Å²) in [5, 5.41) is 13.6. The number of rotatable bonds is 6. The fraction of sp³-hybridized carbons (Fsp3) is 0.222. The molecule has 1 N–H and O–H groups in total. The van der Waals surface area contributed by atoms with Crippen molar-refractivity contribution in [3.05, 3.63) is 58.6 Å². The molecule has 1 heterocycles. The minimum absolute atomic E-state index is 0.0375. The maximum absolute atomic E-state index is 12.0. The number of carbonyl (C=O) groups excluding carboxylic acids is 2.